The van der Waals surface area contributed by atoms with E-state index in [1.54, 1.807) is 0 Å². The molecule has 0 spiro atoms. The summed E-state index contributed by atoms with van der Waals surface area (Å²) in [5.74, 6) is -3.01. The lowest BCUT2D eigenvalue weighted by Crippen LogP contribution is -2.43. The van der Waals surface area contributed by atoms with Crippen LogP contribution in [0.5, 0.6) is 5.75 Å². The van der Waals surface area contributed by atoms with Crippen LogP contribution in [-0.4, -0.2) is 35.5 Å². The highest BCUT2D eigenvalue weighted by Crippen LogP contribution is 2.11. The molecule has 0 aromatic heterocycles. The summed E-state index contributed by atoms with van der Waals surface area (Å²) in [5.41, 5.74) is 4.88. The van der Waals surface area contributed by atoms with Crippen LogP contribution < -0.4 is 15.8 Å². The van der Waals surface area contributed by atoms with Crippen LogP contribution >= 0.6 is 0 Å². The molecule has 1 aromatic rings. The maximum Gasteiger partial charge on any atom is 0.326 e. The van der Waals surface area contributed by atoms with E-state index in [-0.39, 0.29) is 18.8 Å². The number of carboxylic acid groups (broad SMARTS) is 1. The van der Waals surface area contributed by atoms with Gasteiger partial charge in [-0.2, -0.15) is 0 Å². The van der Waals surface area contributed by atoms with Crippen molar-refractivity contribution in [3.8, 4) is 5.75 Å². The van der Waals surface area contributed by atoms with Crippen molar-refractivity contribution in [2.45, 2.75) is 18.9 Å². The number of carbonyl (C=O) groups is 3. The molecule has 0 heterocycles. The van der Waals surface area contributed by atoms with Gasteiger partial charge in [0.1, 0.15) is 17.6 Å². The molecule has 1 atom stereocenters. The van der Waals surface area contributed by atoms with Gasteiger partial charge in [0.25, 0.3) is 0 Å². The predicted molar refractivity (Wildman–Crippen MR) is 69.9 cm³/mol. The molecule has 114 valence electrons. The average Bonchev–Trinajstić information content (AvgIpc) is 2.37. The molecule has 21 heavy (non-hydrogen) atoms. The molecule has 2 amide bonds. The molecule has 0 radical (unpaired) electrons. The summed E-state index contributed by atoms with van der Waals surface area (Å²) in [6.07, 6.45) is -0.634. The van der Waals surface area contributed by atoms with Crippen molar-refractivity contribution in [2.75, 3.05) is 6.61 Å². The molecule has 0 aliphatic carbocycles. The fourth-order valence-electron chi connectivity index (χ4n) is 1.49. The van der Waals surface area contributed by atoms with Gasteiger partial charge in [0.2, 0.25) is 11.8 Å². The van der Waals surface area contributed by atoms with Crippen molar-refractivity contribution in [3.05, 3.63) is 30.1 Å². The van der Waals surface area contributed by atoms with Crippen LogP contribution in [0.15, 0.2) is 24.3 Å². The molecule has 0 fully saturated rings. The molecule has 0 saturated heterocycles. The summed E-state index contributed by atoms with van der Waals surface area (Å²) < 4.78 is 18.0. The molecule has 1 rings (SSSR count). The smallest absolute Gasteiger partial charge is 0.326 e. The highest BCUT2D eigenvalue weighted by Gasteiger charge is 2.21. The summed E-state index contributed by atoms with van der Waals surface area (Å²) in [6.45, 7) is -0.0573. The predicted octanol–water partition coefficient (Wildman–Crippen LogP) is 0.0394. The average molecular weight is 298 g/mol. The van der Waals surface area contributed by atoms with Gasteiger partial charge >= 0.3 is 5.97 Å². The summed E-state index contributed by atoms with van der Waals surface area (Å²) in [4.78, 5) is 33.0. The molecule has 4 N–H and O–H groups in total. The van der Waals surface area contributed by atoms with Gasteiger partial charge in [-0.05, 0) is 12.1 Å². The van der Waals surface area contributed by atoms with Gasteiger partial charge in [0, 0.05) is 6.07 Å². The lowest BCUT2D eigenvalue weighted by molar-refractivity contribution is -0.143. The zero-order valence-electron chi connectivity index (χ0n) is 11.0. The molecular formula is C13H15FN2O5. The number of nitrogens with two attached hydrogens (primary N) is 1. The quantitative estimate of drug-likeness (QED) is 0.626. The standard InChI is InChI=1S/C13H15FN2O5/c14-8-2-1-3-9(6-8)21-5-4-12(18)16-10(13(19)20)7-11(15)17/h1-3,6,10H,4-5,7H2,(H2,15,17)(H,16,18)(H,19,20). The molecule has 8 heteroatoms. The maximum absolute atomic E-state index is 12.9. The van der Waals surface area contributed by atoms with Crippen molar-refractivity contribution in [3.63, 3.8) is 0 Å². The van der Waals surface area contributed by atoms with Crippen LogP contribution in [-0.2, 0) is 14.4 Å². The second kappa shape index (κ2) is 7.83. The Morgan fingerprint density at radius 2 is 2.10 bits per heavy atom. The van der Waals surface area contributed by atoms with E-state index in [1.807, 2.05) is 0 Å². The van der Waals surface area contributed by atoms with E-state index in [9.17, 15) is 18.8 Å². The number of primary amides is 1. The van der Waals surface area contributed by atoms with E-state index in [2.05, 4.69) is 5.32 Å². The Morgan fingerprint density at radius 1 is 1.38 bits per heavy atom. The summed E-state index contributed by atoms with van der Waals surface area (Å²) in [5, 5.41) is 11.0. The first kappa shape index (κ1) is 16.4. The molecule has 0 saturated carbocycles. The number of carbonyl (C=O) groups excluding carboxylic acids is 2. The van der Waals surface area contributed by atoms with E-state index in [1.165, 1.54) is 18.2 Å². The Morgan fingerprint density at radius 3 is 2.67 bits per heavy atom. The van der Waals surface area contributed by atoms with E-state index in [0.717, 1.165) is 6.07 Å². The Labute approximate surface area is 119 Å². The van der Waals surface area contributed by atoms with Gasteiger partial charge in [-0.15, -0.1) is 0 Å². The highest BCUT2D eigenvalue weighted by atomic mass is 19.1. The number of aliphatic carboxylic acids is 1. The number of ether oxygens (including phenoxy) is 1. The van der Waals surface area contributed by atoms with Crippen LogP contribution in [0.25, 0.3) is 0 Å². The van der Waals surface area contributed by atoms with Gasteiger partial charge in [0.15, 0.2) is 0 Å². The number of hydrogen-bond acceptors (Lipinski definition) is 4. The van der Waals surface area contributed by atoms with Crippen molar-refractivity contribution in [1.82, 2.24) is 5.32 Å². The van der Waals surface area contributed by atoms with Crippen molar-refractivity contribution in [1.29, 1.82) is 0 Å². The highest BCUT2D eigenvalue weighted by molar-refractivity contribution is 5.88. The monoisotopic (exact) mass is 298 g/mol. The summed E-state index contributed by atoms with van der Waals surface area (Å²) in [6, 6.07) is 4.02. The number of amides is 2. The SMILES string of the molecule is NC(=O)CC(NC(=O)CCOc1cccc(F)c1)C(=O)O. The maximum atomic E-state index is 12.9. The Bertz CT molecular complexity index is 535. The number of hydrogen-bond donors (Lipinski definition) is 3. The third kappa shape index (κ3) is 6.37. The third-order valence-electron chi connectivity index (χ3n) is 2.43. The van der Waals surface area contributed by atoms with Gasteiger partial charge in [-0.1, -0.05) is 6.07 Å². The number of nitrogens with one attached hydrogen (secondary N) is 1. The minimum atomic E-state index is -1.37. The number of benzene rings is 1. The minimum absolute atomic E-state index is 0.0573. The minimum Gasteiger partial charge on any atom is -0.493 e. The molecule has 1 aromatic carbocycles. The molecule has 0 aliphatic rings. The fourth-order valence-corrected chi connectivity index (χ4v) is 1.49. The summed E-state index contributed by atoms with van der Waals surface area (Å²) >= 11 is 0. The Balaban J connectivity index is 2.39. The molecule has 0 aliphatic heterocycles. The topological polar surface area (TPSA) is 119 Å². The van der Waals surface area contributed by atoms with Crippen LogP contribution in [0, 0.1) is 5.82 Å². The summed E-state index contributed by atoms with van der Waals surface area (Å²) in [7, 11) is 0. The van der Waals surface area contributed by atoms with E-state index < -0.39 is 36.1 Å². The van der Waals surface area contributed by atoms with Crippen LogP contribution in [0.1, 0.15) is 12.8 Å². The zero-order valence-corrected chi connectivity index (χ0v) is 11.0. The fraction of sp³-hybridized carbons (Fsp3) is 0.308. The van der Waals surface area contributed by atoms with Gasteiger partial charge < -0.3 is 20.9 Å². The zero-order chi connectivity index (χ0) is 15.8. The van der Waals surface area contributed by atoms with E-state index >= 15 is 0 Å². The van der Waals surface area contributed by atoms with Gasteiger partial charge in [-0.25, -0.2) is 9.18 Å². The Hall–Kier alpha value is -2.64. The first-order chi connectivity index (χ1) is 9.88. The normalized spacial score (nSPS) is 11.5. The second-order valence-corrected chi connectivity index (χ2v) is 4.18. The van der Waals surface area contributed by atoms with Gasteiger partial charge in [0.05, 0.1) is 19.4 Å². The largest absolute Gasteiger partial charge is 0.493 e. The first-order valence-electron chi connectivity index (χ1n) is 6.07. The number of carboxylic acids is 1. The third-order valence-corrected chi connectivity index (χ3v) is 2.43. The second-order valence-electron chi connectivity index (χ2n) is 4.18. The van der Waals surface area contributed by atoms with Crippen molar-refractivity contribution >= 4 is 17.8 Å². The van der Waals surface area contributed by atoms with E-state index in [4.69, 9.17) is 15.6 Å². The number of halogens is 1. The first-order valence-corrected chi connectivity index (χ1v) is 6.07. The molecule has 1 unspecified atom stereocenters. The van der Waals surface area contributed by atoms with Crippen molar-refractivity contribution < 1.29 is 28.6 Å². The molecule has 7 nitrogen and oxygen atoms in total. The van der Waals surface area contributed by atoms with Crippen LogP contribution in [0.2, 0.25) is 0 Å². The van der Waals surface area contributed by atoms with Crippen LogP contribution in [0.3, 0.4) is 0 Å². The van der Waals surface area contributed by atoms with Gasteiger partial charge in [-0.3, -0.25) is 9.59 Å². The molecule has 0 bridgehead atoms. The lowest BCUT2D eigenvalue weighted by Gasteiger charge is -2.13. The Kier molecular flexibility index (Phi) is 6.12. The molecular weight excluding hydrogens is 283 g/mol. The number of rotatable bonds is 8. The van der Waals surface area contributed by atoms with E-state index in [0.29, 0.717) is 0 Å². The lowest BCUT2D eigenvalue weighted by atomic mass is 10.2. The van der Waals surface area contributed by atoms with Crippen LogP contribution in [0.4, 0.5) is 4.39 Å². The van der Waals surface area contributed by atoms with Crippen molar-refractivity contribution in [2.24, 2.45) is 5.73 Å².